The summed E-state index contributed by atoms with van der Waals surface area (Å²) in [4.78, 5) is 68.6. The van der Waals surface area contributed by atoms with Gasteiger partial charge in [0.15, 0.2) is 10.2 Å². The molecule has 0 radical (unpaired) electrons. The van der Waals surface area contributed by atoms with E-state index in [1.165, 1.54) is 4.90 Å². The molecule has 4 rings (SSSR count). The predicted molar refractivity (Wildman–Crippen MR) is 169 cm³/mol. The smallest absolute Gasteiger partial charge is 0.326 e. The van der Waals surface area contributed by atoms with Crippen molar-refractivity contribution in [3.63, 3.8) is 0 Å². The number of piperidine rings is 1. The van der Waals surface area contributed by atoms with Gasteiger partial charge in [-0.3, -0.25) is 19.2 Å². The predicted octanol–water partition coefficient (Wildman–Crippen LogP) is 3.71. The Hall–Kier alpha value is -3.15. The lowest BCUT2D eigenvalue weighted by Gasteiger charge is -2.40. The van der Waals surface area contributed by atoms with Crippen LogP contribution in [-0.4, -0.2) is 86.6 Å². The third kappa shape index (κ3) is 8.93. The summed E-state index contributed by atoms with van der Waals surface area (Å²) in [5, 5.41) is 11.7. The molecule has 230 valence electrons. The summed E-state index contributed by atoms with van der Waals surface area (Å²) in [7, 11) is 3.87. The lowest BCUT2D eigenvalue weighted by Crippen LogP contribution is -2.56. The molecule has 2 amide bonds. The number of carbonyl (C=O) groups excluding carboxylic acids is 4. The molecule has 0 aliphatic carbocycles. The van der Waals surface area contributed by atoms with E-state index in [2.05, 4.69) is 5.32 Å². The number of aliphatic carboxylic acids is 1. The second kappa shape index (κ2) is 15.5. The Morgan fingerprint density at radius 2 is 1.74 bits per heavy atom. The zero-order chi connectivity index (χ0) is 30.9. The van der Waals surface area contributed by atoms with E-state index in [1.807, 2.05) is 73.6 Å². The van der Waals surface area contributed by atoms with Crippen LogP contribution in [-0.2, 0) is 36.8 Å². The lowest BCUT2D eigenvalue weighted by molar-refractivity contribution is -0.156. The maximum Gasteiger partial charge on any atom is 0.326 e. The first-order valence-electron chi connectivity index (χ1n) is 14.6. The Bertz CT molecular complexity index is 1320. The average molecular weight is 626 g/mol. The molecule has 9 nitrogen and oxygen atoms in total. The molecule has 0 saturated carbocycles. The fourth-order valence-corrected chi connectivity index (χ4v) is 7.51. The van der Waals surface area contributed by atoms with E-state index >= 15 is 0 Å². The zero-order valence-electron chi connectivity index (χ0n) is 24.6. The van der Waals surface area contributed by atoms with E-state index in [4.69, 9.17) is 0 Å². The highest BCUT2D eigenvalue weighted by Crippen LogP contribution is 2.39. The second-order valence-electron chi connectivity index (χ2n) is 11.2. The molecule has 2 N–H and O–H groups in total. The Morgan fingerprint density at radius 1 is 1.02 bits per heavy atom. The molecule has 2 aliphatic heterocycles. The number of benzene rings is 2. The number of fused-ring (bicyclic) bond motifs is 3. The number of hydrogen-bond donors (Lipinski definition) is 2. The molecule has 2 aliphatic rings. The number of hydrogen-bond acceptors (Lipinski definition) is 8. The van der Waals surface area contributed by atoms with Crippen LogP contribution in [0.2, 0.25) is 0 Å². The maximum absolute atomic E-state index is 13.9. The highest BCUT2D eigenvalue weighted by molar-refractivity contribution is 8.20. The number of thioether (sulfide) groups is 2. The van der Waals surface area contributed by atoms with Crippen molar-refractivity contribution in [2.45, 2.75) is 68.3 Å². The molecular weight excluding hydrogens is 587 g/mol. The normalized spacial score (nSPS) is 20.5. The van der Waals surface area contributed by atoms with Crippen molar-refractivity contribution in [3.05, 3.63) is 71.3 Å². The van der Waals surface area contributed by atoms with Crippen LogP contribution in [0.25, 0.3) is 0 Å². The van der Waals surface area contributed by atoms with Crippen molar-refractivity contribution < 1.29 is 29.1 Å². The number of amides is 2. The number of nitrogens with one attached hydrogen (secondary N) is 1. The molecule has 2 heterocycles. The second-order valence-corrected chi connectivity index (χ2v) is 13.5. The van der Waals surface area contributed by atoms with Crippen LogP contribution in [0.15, 0.2) is 54.6 Å². The largest absolute Gasteiger partial charge is 0.480 e. The minimum atomic E-state index is -1.06. The number of nitrogens with zero attached hydrogens (tertiary/aromatic N) is 2. The van der Waals surface area contributed by atoms with E-state index in [9.17, 15) is 29.1 Å². The van der Waals surface area contributed by atoms with Crippen molar-refractivity contribution in [2.75, 3.05) is 26.4 Å². The van der Waals surface area contributed by atoms with Gasteiger partial charge in [-0.1, -0.05) is 78.1 Å². The summed E-state index contributed by atoms with van der Waals surface area (Å²) >= 11 is 1.84. The van der Waals surface area contributed by atoms with Crippen LogP contribution in [0, 0.1) is 0 Å². The molecule has 0 spiro atoms. The highest BCUT2D eigenvalue weighted by atomic mass is 32.2. The third-order valence-corrected chi connectivity index (χ3v) is 9.97. The van der Waals surface area contributed by atoms with Crippen LogP contribution in [0.1, 0.15) is 54.8 Å². The third-order valence-electron chi connectivity index (χ3n) is 7.79. The zero-order valence-corrected chi connectivity index (χ0v) is 26.2. The quantitative estimate of drug-likeness (QED) is 0.363. The van der Waals surface area contributed by atoms with E-state index in [0.717, 1.165) is 46.8 Å². The van der Waals surface area contributed by atoms with Crippen molar-refractivity contribution in [1.82, 2.24) is 15.1 Å². The SMILES string of the molecule is CN(C)CCCC(=O)SCC(=O)S[C@@H](Cc1ccccc1)C(=O)N[C@H]1Cc2ccccc2[C@H]2CCC[C@@H](C(=O)O)N2C1=O. The maximum atomic E-state index is 13.9. The van der Waals surface area contributed by atoms with E-state index < -0.39 is 35.1 Å². The fraction of sp³-hybridized carbons (Fsp3) is 0.469. The minimum absolute atomic E-state index is 0.0461. The average Bonchev–Trinajstić information content (AvgIpc) is 3.10. The van der Waals surface area contributed by atoms with Gasteiger partial charge in [0.1, 0.15) is 12.1 Å². The van der Waals surface area contributed by atoms with Crippen molar-refractivity contribution in [2.24, 2.45) is 0 Å². The Kier molecular flexibility index (Phi) is 11.8. The topological polar surface area (TPSA) is 124 Å². The van der Waals surface area contributed by atoms with Gasteiger partial charge in [-0.15, -0.1) is 0 Å². The number of rotatable bonds is 12. The summed E-state index contributed by atoms with van der Waals surface area (Å²) < 4.78 is 0. The summed E-state index contributed by atoms with van der Waals surface area (Å²) in [6.07, 6.45) is 3.25. The molecule has 0 aromatic heterocycles. The Labute approximate surface area is 261 Å². The van der Waals surface area contributed by atoms with Gasteiger partial charge in [0.05, 0.1) is 17.0 Å². The monoisotopic (exact) mass is 625 g/mol. The van der Waals surface area contributed by atoms with E-state index in [-0.39, 0.29) is 34.9 Å². The van der Waals surface area contributed by atoms with Gasteiger partial charge in [-0.2, -0.15) is 0 Å². The highest BCUT2D eigenvalue weighted by Gasteiger charge is 2.45. The van der Waals surface area contributed by atoms with Gasteiger partial charge in [0.2, 0.25) is 11.8 Å². The summed E-state index contributed by atoms with van der Waals surface area (Å²) in [5.74, 6) is -1.99. The lowest BCUT2D eigenvalue weighted by atomic mass is 9.89. The molecule has 4 atom stereocenters. The Morgan fingerprint density at radius 3 is 2.47 bits per heavy atom. The number of carboxylic acids is 1. The van der Waals surface area contributed by atoms with Crippen LogP contribution < -0.4 is 5.32 Å². The first-order chi connectivity index (χ1) is 20.6. The van der Waals surface area contributed by atoms with Gasteiger partial charge in [0, 0.05) is 12.8 Å². The van der Waals surface area contributed by atoms with E-state index in [0.29, 0.717) is 32.1 Å². The Balaban J connectivity index is 1.50. The first-order valence-corrected chi connectivity index (χ1v) is 16.5. The van der Waals surface area contributed by atoms with Gasteiger partial charge in [-0.25, -0.2) is 4.79 Å². The van der Waals surface area contributed by atoms with Crippen molar-refractivity contribution >= 4 is 51.5 Å². The minimum Gasteiger partial charge on any atom is -0.480 e. The van der Waals surface area contributed by atoms with Gasteiger partial charge in [0.25, 0.3) is 0 Å². The molecule has 2 aromatic rings. The van der Waals surface area contributed by atoms with Crippen LogP contribution in [0.3, 0.4) is 0 Å². The number of carbonyl (C=O) groups is 5. The summed E-state index contributed by atoms with van der Waals surface area (Å²) in [5.41, 5.74) is 2.67. The first kappa shape index (κ1) is 32.8. The molecule has 11 heteroatoms. The molecule has 43 heavy (non-hydrogen) atoms. The number of carboxylic acid groups (broad SMARTS) is 1. The molecule has 1 saturated heterocycles. The van der Waals surface area contributed by atoms with Crippen LogP contribution in [0.5, 0.6) is 0 Å². The summed E-state index contributed by atoms with van der Waals surface area (Å²) in [6, 6.07) is 14.6. The van der Waals surface area contributed by atoms with Gasteiger partial charge >= 0.3 is 5.97 Å². The summed E-state index contributed by atoms with van der Waals surface area (Å²) in [6.45, 7) is 0.782. The van der Waals surface area contributed by atoms with Gasteiger partial charge in [-0.05, 0) is 69.4 Å². The fourth-order valence-electron chi connectivity index (χ4n) is 5.72. The van der Waals surface area contributed by atoms with E-state index in [1.54, 1.807) is 0 Å². The molecule has 2 aromatic carbocycles. The van der Waals surface area contributed by atoms with Crippen LogP contribution in [0.4, 0.5) is 0 Å². The van der Waals surface area contributed by atoms with Crippen LogP contribution >= 0.6 is 23.5 Å². The molecule has 0 unspecified atom stereocenters. The molecule has 0 bridgehead atoms. The molecule has 1 fully saturated rings. The van der Waals surface area contributed by atoms with Gasteiger partial charge < -0.3 is 20.2 Å². The van der Waals surface area contributed by atoms with Crippen molar-refractivity contribution in [3.8, 4) is 0 Å². The standard InChI is InChI=1S/C32H39N3O6S2/c1-34(2)17-9-16-28(36)42-20-29(37)43-27(18-21-10-4-3-5-11-21)30(38)33-24-19-22-12-6-7-13-23(22)25-14-8-15-26(32(40)41)35(25)31(24)39/h3-7,10-13,24-27H,8-9,14-20H2,1-2H3,(H,33,38)(H,40,41)/t24-,25+,26-,27-/m0/s1. The molecular formula is C32H39N3O6S2. The van der Waals surface area contributed by atoms with Crippen molar-refractivity contribution in [1.29, 1.82) is 0 Å².